The van der Waals surface area contributed by atoms with E-state index in [9.17, 15) is 14.4 Å². The molecule has 2 amide bonds. The normalized spacial score (nSPS) is 10.5. The number of carbonyl (C=O) groups excluding carboxylic acids is 3. The van der Waals surface area contributed by atoms with Crippen LogP contribution in [0.15, 0.2) is 24.3 Å². The first-order chi connectivity index (χ1) is 10.8. The molecule has 0 atom stereocenters. The van der Waals surface area contributed by atoms with Crippen LogP contribution in [0.25, 0.3) is 0 Å². The van der Waals surface area contributed by atoms with E-state index in [0.717, 1.165) is 6.54 Å². The number of nitrogens with zero attached hydrogens (tertiary/aromatic N) is 2. The van der Waals surface area contributed by atoms with Gasteiger partial charge in [-0.3, -0.25) is 14.4 Å². The summed E-state index contributed by atoms with van der Waals surface area (Å²) in [6.07, 6.45) is 0.220. The largest absolute Gasteiger partial charge is 0.355 e. The summed E-state index contributed by atoms with van der Waals surface area (Å²) in [5.41, 5.74) is 1.18. The van der Waals surface area contributed by atoms with E-state index in [1.807, 2.05) is 19.0 Å². The standard InChI is InChI=1S/C17H25N3O3/c1-13(21)15-6-5-7-16(12-15)20(14(2)22)10-8-17(23)18-9-11-19(3)4/h5-7,12H,8-11H2,1-4H3,(H,18,23). The second-order valence-electron chi connectivity index (χ2n) is 5.68. The van der Waals surface area contributed by atoms with Crippen molar-refractivity contribution in [2.45, 2.75) is 20.3 Å². The van der Waals surface area contributed by atoms with Gasteiger partial charge in [0.05, 0.1) is 0 Å². The Morgan fingerprint density at radius 3 is 2.35 bits per heavy atom. The van der Waals surface area contributed by atoms with E-state index in [2.05, 4.69) is 5.32 Å². The number of hydrogen-bond acceptors (Lipinski definition) is 4. The number of nitrogens with one attached hydrogen (secondary N) is 1. The third-order valence-corrected chi connectivity index (χ3v) is 3.39. The Labute approximate surface area is 137 Å². The predicted molar refractivity (Wildman–Crippen MR) is 90.7 cm³/mol. The van der Waals surface area contributed by atoms with Crippen LogP contribution in [-0.4, -0.2) is 56.2 Å². The minimum absolute atomic E-state index is 0.0585. The van der Waals surface area contributed by atoms with Gasteiger partial charge in [-0.1, -0.05) is 12.1 Å². The van der Waals surface area contributed by atoms with Crippen LogP contribution in [0.2, 0.25) is 0 Å². The van der Waals surface area contributed by atoms with E-state index in [4.69, 9.17) is 0 Å². The number of benzene rings is 1. The highest BCUT2D eigenvalue weighted by molar-refractivity contribution is 5.97. The first-order valence-electron chi connectivity index (χ1n) is 7.61. The van der Waals surface area contributed by atoms with Gasteiger partial charge in [0, 0.05) is 44.2 Å². The van der Waals surface area contributed by atoms with Gasteiger partial charge < -0.3 is 15.1 Å². The highest BCUT2D eigenvalue weighted by Crippen LogP contribution is 2.17. The summed E-state index contributed by atoms with van der Waals surface area (Å²) in [7, 11) is 3.87. The maximum Gasteiger partial charge on any atom is 0.223 e. The van der Waals surface area contributed by atoms with Crippen LogP contribution in [0.5, 0.6) is 0 Å². The third kappa shape index (κ3) is 6.61. The van der Waals surface area contributed by atoms with Gasteiger partial charge in [0.2, 0.25) is 11.8 Å². The lowest BCUT2D eigenvalue weighted by atomic mass is 10.1. The number of likely N-dealkylation sites (N-methyl/N-ethyl adjacent to an activating group) is 1. The van der Waals surface area contributed by atoms with Crippen molar-refractivity contribution in [3.63, 3.8) is 0 Å². The summed E-state index contributed by atoms with van der Waals surface area (Å²) < 4.78 is 0. The molecule has 1 aromatic rings. The molecule has 6 nitrogen and oxygen atoms in total. The third-order valence-electron chi connectivity index (χ3n) is 3.39. The monoisotopic (exact) mass is 319 g/mol. The average Bonchev–Trinajstić information content (AvgIpc) is 2.47. The second kappa shape index (κ2) is 9.05. The fourth-order valence-corrected chi connectivity index (χ4v) is 2.08. The van der Waals surface area contributed by atoms with Crippen molar-refractivity contribution in [1.29, 1.82) is 0 Å². The molecule has 0 fully saturated rings. The Morgan fingerprint density at radius 1 is 1.09 bits per heavy atom. The summed E-state index contributed by atoms with van der Waals surface area (Å²) in [6, 6.07) is 6.88. The number of ketones is 1. The van der Waals surface area contributed by atoms with Gasteiger partial charge in [-0.2, -0.15) is 0 Å². The van der Waals surface area contributed by atoms with Gasteiger partial charge in [0.25, 0.3) is 0 Å². The molecule has 0 radical (unpaired) electrons. The molecule has 6 heteroatoms. The van der Waals surface area contributed by atoms with E-state index in [1.165, 1.54) is 18.7 Å². The Bertz CT molecular complexity index is 570. The first-order valence-corrected chi connectivity index (χ1v) is 7.61. The number of carbonyl (C=O) groups is 3. The molecule has 23 heavy (non-hydrogen) atoms. The lowest BCUT2D eigenvalue weighted by molar-refractivity contribution is -0.121. The van der Waals surface area contributed by atoms with Gasteiger partial charge in [-0.15, -0.1) is 0 Å². The number of amides is 2. The molecule has 1 N–H and O–H groups in total. The zero-order valence-electron chi connectivity index (χ0n) is 14.3. The molecule has 0 saturated heterocycles. The molecule has 126 valence electrons. The molecule has 0 saturated carbocycles. The minimum atomic E-state index is -0.160. The van der Waals surface area contributed by atoms with Gasteiger partial charge in [-0.05, 0) is 33.2 Å². The van der Waals surface area contributed by atoms with Crippen LogP contribution in [0.4, 0.5) is 5.69 Å². The molecule has 0 aliphatic carbocycles. The molecule has 1 aromatic carbocycles. The number of rotatable bonds is 8. The Balaban J connectivity index is 2.66. The van der Waals surface area contributed by atoms with Crippen LogP contribution in [-0.2, 0) is 9.59 Å². The smallest absolute Gasteiger partial charge is 0.223 e. The maximum atomic E-state index is 11.8. The van der Waals surface area contributed by atoms with E-state index < -0.39 is 0 Å². The van der Waals surface area contributed by atoms with Crippen LogP contribution >= 0.6 is 0 Å². The molecule has 0 aliphatic rings. The van der Waals surface area contributed by atoms with Gasteiger partial charge in [-0.25, -0.2) is 0 Å². The van der Waals surface area contributed by atoms with Crippen molar-refractivity contribution < 1.29 is 14.4 Å². The molecule has 0 heterocycles. The minimum Gasteiger partial charge on any atom is -0.355 e. The highest BCUT2D eigenvalue weighted by atomic mass is 16.2. The number of hydrogen-bond donors (Lipinski definition) is 1. The van der Waals surface area contributed by atoms with Crippen molar-refractivity contribution in [2.24, 2.45) is 0 Å². The molecular formula is C17H25N3O3. The molecular weight excluding hydrogens is 294 g/mol. The van der Waals surface area contributed by atoms with Crippen LogP contribution in [0, 0.1) is 0 Å². The SMILES string of the molecule is CC(=O)c1cccc(N(CCC(=O)NCCN(C)C)C(C)=O)c1. The van der Waals surface area contributed by atoms with E-state index in [0.29, 0.717) is 17.8 Å². The van der Waals surface area contributed by atoms with Crippen LogP contribution in [0.1, 0.15) is 30.6 Å². The maximum absolute atomic E-state index is 11.8. The summed E-state index contributed by atoms with van der Waals surface area (Å²) in [6.45, 7) is 4.55. The summed E-state index contributed by atoms with van der Waals surface area (Å²) >= 11 is 0. The molecule has 1 rings (SSSR count). The van der Waals surface area contributed by atoms with Crippen molar-refractivity contribution in [3.05, 3.63) is 29.8 Å². The highest BCUT2D eigenvalue weighted by Gasteiger charge is 2.14. The Kier molecular flexibility index (Phi) is 7.41. The van der Waals surface area contributed by atoms with E-state index in [-0.39, 0.29) is 30.6 Å². The van der Waals surface area contributed by atoms with Crippen LogP contribution in [0.3, 0.4) is 0 Å². The fraction of sp³-hybridized carbons (Fsp3) is 0.471. The van der Waals surface area contributed by atoms with Crippen LogP contribution < -0.4 is 10.2 Å². The van der Waals surface area contributed by atoms with Crippen molar-refractivity contribution >= 4 is 23.3 Å². The zero-order valence-corrected chi connectivity index (χ0v) is 14.3. The van der Waals surface area contributed by atoms with Crippen molar-refractivity contribution in [1.82, 2.24) is 10.2 Å². The molecule has 0 bridgehead atoms. The van der Waals surface area contributed by atoms with Gasteiger partial charge in [0.1, 0.15) is 0 Å². The Morgan fingerprint density at radius 2 is 1.78 bits per heavy atom. The Hall–Kier alpha value is -2.21. The quantitative estimate of drug-likeness (QED) is 0.734. The van der Waals surface area contributed by atoms with E-state index >= 15 is 0 Å². The summed E-state index contributed by atoms with van der Waals surface area (Å²) in [5.74, 6) is -0.315. The number of Topliss-reactive ketones (excluding diaryl/α,β-unsaturated/α-hetero) is 1. The predicted octanol–water partition coefficient (Wildman–Crippen LogP) is 1.31. The zero-order chi connectivity index (χ0) is 17.4. The van der Waals surface area contributed by atoms with Gasteiger partial charge in [0.15, 0.2) is 5.78 Å². The molecule has 0 spiro atoms. The lowest BCUT2D eigenvalue weighted by Crippen LogP contribution is -2.36. The van der Waals surface area contributed by atoms with Crippen molar-refractivity contribution in [3.8, 4) is 0 Å². The summed E-state index contributed by atoms with van der Waals surface area (Å²) in [5, 5.41) is 2.82. The number of anilines is 1. The van der Waals surface area contributed by atoms with Crippen molar-refractivity contribution in [2.75, 3.05) is 38.6 Å². The first kappa shape index (κ1) is 18.8. The average molecular weight is 319 g/mol. The molecule has 0 unspecified atom stereocenters. The fourth-order valence-electron chi connectivity index (χ4n) is 2.08. The second-order valence-corrected chi connectivity index (χ2v) is 5.68. The topological polar surface area (TPSA) is 69.7 Å². The lowest BCUT2D eigenvalue weighted by Gasteiger charge is -2.21. The van der Waals surface area contributed by atoms with E-state index in [1.54, 1.807) is 24.3 Å². The van der Waals surface area contributed by atoms with Gasteiger partial charge >= 0.3 is 0 Å². The molecule has 0 aliphatic heterocycles. The molecule has 0 aromatic heterocycles. The summed E-state index contributed by atoms with van der Waals surface area (Å²) in [4.78, 5) is 38.6.